The summed E-state index contributed by atoms with van der Waals surface area (Å²) in [4.78, 5) is 9.64. The Kier molecular flexibility index (Phi) is 11.8. The topological polar surface area (TPSA) is 33.5 Å². The van der Waals surface area contributed by atoms with Gasteiger partial charge in [-0.05, 0) is 93.3 Å². The van der Waals surface area contributed by atoms with Crippen LogP contribution in [-0.4, -0.2) is 9.55 Å². The first-order valence-corrected chi connectivity index (χ1v) is 22.7. The van der Waals surface area contributed by atoms with Gasteiger partial charge in [-0.25, -0.2) is 4.98 Å². The quantitative estimate of drug-likeness (QED) is 0.142. The molecule has 1 aliphatic heterocycles. The van der Waals surface area contributed by atoms with Crippen LogP contribution in [-0.2, 0) is 31.9 Å². The molecular weight excluding hydrogens is 988 g/mol. The maximum absolute atomic E-state index is 6.99. The number of rotatable bonds is 8. The van der Waals surface area contributed by atoms with Crippen molar-refractivity contribution in [1.82, 2.24) is 9.55 Å². The summed E-state index contributed by atoms with van der Waals surface area (Å²) in [6.07, 6.45) is 2.01. The molecule has 0 aliphatic carbocycles. The van der Waals surface area contributed by atoms with Gasteiger partial charge in [0.05, 0.1) is 0 Å². The third-order valence-corrected chi connectivity index (χ3v) is 12.8. The molecule has 5 nitrogen and oxygen atoms in total. The normalized spacial score (nSPS) is 12.8. The Hall–Kier alpha value is -6.42. The molecule has 0 N–H and O–H groups in total. The molecule has 334 valence electrons. The van der Waals surface area contributed by atoms with Crippen LogP contribution in [0.25, 0.3) is 49.9 Å². The number of aromatic nitrogens is 2. The van der Waals surface area contributed by atoms with Crippen molar-refractivity contribution in [3.05, 3.63) is 199 Å². The molecule has 7 aromatic carbocycles. The third kappa shape index (κ3) is 8.35. The van der Waals surface area contributed by atoms with E-state index in [2.05, 4.69) is 229 Å². The molecule has 3 heterocycles. The summed E-state index contributed by atoms with van der Waals surface area (Å²) >= 11 is 0. The first-order valence-electron chi connectivity index (χ1n) is 22.7. The van der Waals surface area contributed by atoms with Gasteiger partial charge in [0, 0.05) is 66.9 Å². The number of anilines is 4. The Bertz CT molecular complexity index is 3190. The molecule has 0 atom stereocenters. The number of para-hydroxylation sites is 3. The van der Waals surface area contributed by atoms with Gasteiger partial charge in [-0.1, -0.05) is 163 Å². The summed E-state index contributed by atoms with van der Waals surface area (Å²) in [6.45, 7) is 22.5. The average Bonchev–Trinajstić information content (AvgIpc) is 3.84. The van der Waals surface area contributed by atoms with E-state index in [0.717, 1.165) is 78.2 Å². The summed E-state index contributed by atoms with van der Waals surface area (Å²) in [7, 11) is 0. The van der Waals surface area contributed by atoms with Crippen LogP contribution in [0, 0.1) is 25.7 Å². The van der Waals surface area contributed by atoms with Crippen molar-refractivity contribution < 1.29 is 25.8 Å². The number of ether oxygens (including phenoxy) is 1. The van der Waals surface area contributed by atoms with Gasteiger partial charge in [0.25, 0.3) is 0 Å². The van der Waals surface area contributed by atoms with Crippen molar-refractivity contribution >= 4 is 44.6 Å². The standard InChI is InChI=1S/C60H55N4O.Pt/c1-39(2)41-26-28-43(29-27-41)52-37-61-58(30-40(52)3)64-53-23-14-13-22-49(53)51-35-50(42-18-11-10-12-19-42)57(36-56(51)64)65-48-21-17-20-46(34-48)62-38-63(55-25-16-15-24-54(55)62)47-32-44(59(4,5)6)31-45(33-47)60(7,8)9;/h10-33,35,37-39H,1-9H3;/q-3;. The van der Waals surface area contributed by atoms with E-state index < -0.39 is 0 Å². The van der Waals surface area contributed by atoms with Crippen LogP contribution >= 0.6 is 0 Å². The maximum Gasteiger partial charge on any atom is 0.135 e. The van der Waals surface area contributed by atoms with Crippen LogP contribution in [0.15, 0.2) is 158 Å². The molecule has 0 fully saturated rings. The summed E-state index contributed by atoms with van der Waals surface area (Å²) in [5, 5.41) is 2.20. The Balaban J connectivity index is 0.00000548. The predicted molar refractivity (Wildman–Crippen MR) is 271 cm³/mol. The van der Waals surface area contributed by atoms with Gasteiger partial charge >= 0.3 is 0 Å². The number of nitrogens with zero attached hydrogens (tertiary/aromatic N) is 4. The van der Waals surface area contributed by atoms with E-state index in [9.17, 15) is 0 Å². The van der Waals surface area contributed by atoms with Crippen LogP contribution in [0.1, 0.15) is 83.6 Å². The first-order chi connectivity index (χ1) is 31.2. The second-order valence-electron chi connectivity index (χ2n) is 19.7. The summed E-state index contributed by atoms with van der Waals surface area (Å²) in [5.74, 6) is 2.51. The van der Waals surface area contributed by atoms with Gasteiger partial charge in [-0.15, -0.1) is 42.0 Å². The molecule has 10 rings (SSSR count). The van der Waals surface area contributed by atoms with Crippen LogP contribution in [0.2, 0.25) is 0 Å². The molecule has 66 heavy (non-hydrogen) atoms. The fourth-order valence-electron chi connectivity index (χ4n) is 8.95. The van der Waals surface area contributed by atoms with E-state index >= 15 is 0 Å². The monoisotopic (exact) mass is 1040 g/mol. The zero-order valence-corrected chi connectivity index (χ0v) is 41.5. The SMILES string of the molecule is Cc1cc(-n2c3[c-]c(Oc4[c-]c(N5[CH-]N(c6cc(C(C)(C)C)cc(C(C)(C)C)c6)c6ccccc65)ccc4)c(-c4ccccc4)cc3c3ccccc32)ncc1-c1ccc(C(C)C)cc1.[Pt]. The molecule has 2 aromatic heterocycles. The fraction of sp³-hybridized carbons (Fsp3) is 0.200. The summed E-state index contributed by atoms with van der Waals surface area (Å²) in [6, 6.07) is 61.4. The van der Waals surface area contributed by atoms with E-state index in [4.69, 9.17) is 9.72 Å². The van der Waals surface area contributed by atoms with Gasteiger partial charge in [0.2, 0.25) is 0 Å². The minimum absolute atomic E-state index is 0. The van der Waals surface area contributed by atoms with Crippen LogP contribution in [0.4, 0.5) is 22.7 Å². The molecule has 0 amide bonds. The molecule has 0 saturated carbocycles. The Morgan fingerprint density at radius 2 is 1.24 bits per heavy atom. The van der Waals surface area contributed by atoms with Crippen molar-refractivity contribution in [2.24, 2.45) is 0 Å². The van der Waals surface area contributed by atoms with Gasteiger partial charge < -0.3 is 19.1 Å². The van der Waals surface area contributed by atoms with Gasteiger partial charge in [-0.3, -0.25) is 0 Å². The van der Waals surface area contributed by atoms with E-state index in [1.165, 1.54) is 16.7 Å². The fourth-order valence-corrected chi connectivity index (χ4v) is 8.95. The second-order valence-corrected chi connectivity index (χ2v) is 19.7. The zero-order valence-electron chi connectivity index (χ0n) is 39.2. The zero-order chi connectivity index (χ0) is 45.2. The van der Waals surface area contributed by atoms with Crippen LogP contribution in [0.5, 0.6) is 11.5 Å². The van der Waals surface area contributed by atoms with E-state index in [0.29, 0.717) is 17.4 Å². The first kappa shape index (κ1) is 44.8. The molecule has 0 spiro atoms. The van der Waals surface area contributed by atoms with Crippen molar-refractivity contribution in [3.63, 3.8) is 0 Å². The number of pyridine rings is 1. The minimum atomic E-state index is -0.0120. The number of fused-ring (bicyclic) bond motifs is 4. The van der Waals surface area contributed by atoms with Gasteiger partial charge in [0.15, 0.2) is 0 Å². The molecule has 0 radical (unpaired) electrons. The Labute approximate surface area is 405 Å². The number of hydrogen-bond acceptors (Lipinski definition) is 4. The average molecular weight is 1040 g/mol. The number of benzene rings is 7. The molecular formula is C60H55N4OPt-3. The molecule has 1 aliphatic rings. The summed E-state index contributed by atoms with van der Waals surface area (Å²) < 4.78 is 9.21. The van der Waals surface area contributed by atoms with Gasteiger partial charge in [0.1, 0.15) is 5.82 Å². The van der Waals surface area contributed by atoms with Crippen LogP contribution in [0.3, 0.4) is 0 Å². The van der Waals surface area contributed by atoms with Crippen molar-refractivity contribution in [3.8, 4) is 39.6 Å². The molecule has 0 bridgehead atoms. The largest absolute Gasteiger partial charge is 0.509 e. The number of aryl methyl sites for hydroxylation is 1. The Morgan fingerprint density at radius 1 is 0.606 bits per heavy atom. The molecule has 6 heteroatoms. The Morgan fingerprint density at radius 3 is 1.91 bits per heavy atom. The van der Waals surface area contributed by atoms with E-state index in [1.54, 1.807) is 0 Å². The third-order valence-electron chi connectivity index (χ3n) is 12.8. The maximum atomic E-state index is 6.99. The smallest absolute Gasteiger partial charge is 0.135 e. The predicted octanol–water partition coefficient (Wildman–Crippen LogP) is 16.3. The second kappa shape index (κ2) is 17.4. The minimum Gasteiger partial charge on any atom is -0.509 e. The van der Waals surface area contributed by atoms with Crippen LogP contribution < -0.4 is 14.5 Å². The number of hydrogen-bond donors (Lipinski definition) is 0. The van der Waals surface area contributed by atoms with Crippen molar-refractivity contribution in [1.29, 1.82) is 0 Å². The van der Waals surface area contributed by atoms with Crippen molar-refractivity contribution in [2.75, 3.05) is 9.80 Å². The van der Waals surface area contributed by atoms with Gasteiger partial charge in [-0.2, -0.15) is 12.1 Å². The molecule has 0 unspecified atom stereocenters. The van der Waals surface area contributed by atoms with E-state index in [1.807, 2.05) is 24.4 Å². The van der Waals surface area contributed by atoms with Crippen molar-refractivity contribution in [2.45, 2.75) is 79.1 Å². The molecule has 0 saturated heterocycles. The molecule has 9 aromatic rings. The summed E-state index contributed by atoms with van der Waals surface area (Å²) in [5.41, 5.74) is 15.5. The van der Waals surface area contributed by atoms with E-state index in [-0.39, 0.29) is 31.9 Å².